The molecule has 0 bridgehead atoms. The van der Waals surface area contributed by atoms with Crippen molar-refractivity contribution in [3.8, 4) is 11.8 Å². The smallest absolute Gasteiger partial charge is 0.363 e. The second-order valence-corrected chi connectivity index (χ2v) is 7.20. The molecule has 8 heteroatoms. The first kappa shape index (κ1) is 20.8. The van der Waals surface area contributed by atoms with E-state index >= 15 is 0 Å². The van der Waals surface area contributed by atoms with Crippen LogP contribution in [0.3, 0.4) is 0 Å². The largest absolute Gasteiger partial charge is 0.438 e. The molecule has 2 aliphatic rings. The van der Waals surface area contributed by atoms with Gasteiger partial charge in [-0.3, -0.25) is 4.79 Å². The van der Waals surface area contributed by atoms with Crippen molar-refractivity contribution in [2.45, 2.75) is 63.9 Å². The number of hydrogen-bond donors (Lipinski definition) is 1. The number of Topliss-reactive ketones (excluding diaryl/α,β-unsaturated/α-hetero) is 1. The molecule has 26 heavy (non-hydrogen) atoms. The van der Waals surface area contributed by atoms with E-state index in [0.717, 1.165) is 36.3 Å². The minimum atomic E-state index is -5.96. The third kappa shape index (κ3) is 3.64. The van der Waals surface area contributed by atoms with Crippen molar-refractivity contribution < 1.29 is 36.2 Å². The monoisotopic (exact) mass is 382 g/mol. The van der Waals surface area contributed by atoms with Crippen LogP contribution in [-0.2, 0) is 4.79 Å². The SMILES string of the molecule is CC(CC#CC(O)(C(F)(F)F)C(F)(F)F)C1C(=O)C2=C(CCC2)CC1C. The minimum absolute atomic E-state index is 0.0414. The summed E-state index contributed by atoms with van der Waals surface area (Å²) >= 11 is 0. The van der Waals surface area contributed by atoms with Gasteiger partial charge >= 0.3 is 18.0 Å². The number of ketones is 1. The molecule has 0 spiro atoms. The zero-order valence-corrected chi connectivity index (χ0v) is 14.4. The molecule has 146 valence electrons. The van der Waals surface area contributed by atoms with Gasteiger partial charge in [0.15, 0.2) is 5.78 Å². The molecular formula is C18H20F6O2. The number of carbonyl (C=O) groups is 1. The Labute approximate surface area is 147 Å². The summed E-state index contributed by atoms with van der Waals surface area (Å²) in [5.74, 6) is 1.69. The Morgan fingerprint density at radius 1 is 1.15 bits per heavy atom. The van der Waals surface area contributed by atoms with Crippen LogP contribution in [-0.4, -0.2) is 28.8 Å². The molecule has 2 nitrogen and oxygen atoms in total. The Morgan fingerprint density at radius 2 is 1.73 bits per heavy atom. The minimum Gasteiger partial charge on any atom is -0.363 e. The van der Waals surface area contributed by atoms with E-state index in [0.29, 0.717) is 6.42 Å². The standard InChI is InChI=1S/C18H20F6O2/c1-10(5-4-8-16(26,17(19,20)21)18(22,23)24)14-11(2)9-12-6-3-7-13(12)15(14)25/h10-11,14,26H,3,5-7,9H2,1-2H3. The van der Waals surface area contributed by atoms with Crippen molar-refractivity contribution in [3.63, 3.8) is 0 Å². The second kappa shape index (κ2) is 6.91. The van der Waals surface area contributed by atoms with Crippen LogP contribution in [0.15, 0.2) is 11.1 Å². The van der Waals surface area contributed by atoms with Gasteiger partial charge in [-0.25, -0.2) is 0 Å². The Kier molecular flexibility index (Phi) is 5.54. The number of rotatable bonds is 2. The molecule has 0 amide bonds. The lowest BCUT2D eigenvalue weighted by atomic mass is 9.70. The summed E-state index contributed by atoms with van der Waals surface area (Å²) in [4.78, 5) is 12.6. The van der Waals surface area contributed by atoms with Crippen molar-refractivity contribution in [3.05, 3.63) is 11.1 Å². The number of aliphatic hydroxyl groups is 1. The number of allylic oxidation sites excluding steroid dienone is 2. The van der Waals surface area contributed by atoms with Gasteiger partial charge in [-0.15, -0.1) is 0 Å². The number of halogens is 6. The summed E-state index contributed by atoms with van der Waals surface area (Å²) in [6.07, 6.45) is -9.09. The molecule has 0 heterocycles. The van der Waals surface area contributed by atoms with Crippen LogP contribution in [0.4, 0.5) is 26.3 Å². The summed E-state index contributed by atoms with van der Waals surface area (Å²) in [5, 5.41) is 9.04. The van der Waals surface area contributed by atoms with Gasteiger partial charge in [-0.05, 0) is 49.0 Å². The molecule has 0 saturated heterocycles. The zero-order valence-electron chi connectivity index (χ0n) is 14.4. The van der Waals surface area contributed by atoms with Gasteiger partial charge in [0, 0.05) is 12.3 Å². The fraction of sp³-hybridized carbons (Fsp3) is 0.722. The first-order valence-electron chi connectivity index (χ1n) is 8.40. The highest BCUT2D eigenvalue weighted by molar-refractivity contribution is 5.99. The van der Waals surface area contributed by atoms with E-state index in [-0.39, 0.29) is 18.1 Å². The Bertz CT molecular complexity index is 648. The number of alkyl halides is 6. The zero-order chi connectivity index (χ0) is 19.9. The fourth-order valence-electron chi connectivity index (χ4n) is 3.89. The maximum atomic E-state index is 12.6. The molecule has 0 aromatic rings. The van der Waals surface area contributed by atoms with Gasteiger partial charge in [-0.1, -0.05) is 25.3 Å². The third-order valence-electron chi connectivity index (χ3n) is 5.24. The van der Waals surface area contributed by atoms with Crippen LogP contribution >= 0.6 is 0 Å². The first-order chi connectivity index (χ1) is 11.8. The Balaban J connectivity index is 2.17. The van der Waals surface area contributed by atoms with Crippen molar-refractivity contribution in [2.75, 3.05) is 0 Å². The maximum absolute atomic E-state index is 12.6. The maximum Gasteiger partial charge on any atom is 0.438 e. The van der Waals surface area contributed by atoms with E-state index in [2.05, 4.69) is 0 Å². The molecule has 1 N–H and O–H groups in total. The van der Waals surface area contributed by atoms with Crippen LogP contribution in [0.2, 0.25) is 0 Å². The van der Waals surface area contributed by atoms with Crippen molar-refractivity contribution in [1.82, 2.24) is 0 Å². The van der Waals surface area contributed by atoms with Crippen LogP contribution in [0.1, 0.15) is 46.0 Å². The van der Waals surface area contributed by atoms with Gasteiger partial charge in [0.1, 0.15) is 0 Å². The van der Waals surface area contributed by atoms with E-state index in [4.69, 9.17) is 5.11 Å². The van der Waals surface area contributed by atoms with Crippen LogP contribution in [0, 0.1) is 29.6 Å². The molecule has 0 radical (unpaired) electrons. The summed E-state index contributed by atoms with van der Waals surface area (Å²) in [5.41, 5.74) is -3.17. The molecule has 3 atom stereocenters. The molecule has 0 aliphatic heterocycles. The highest BCUT2D eigenvalue weighted by Gasteiger charge is 2.70. The second-order valence-electron chi connectivity index (χ2n) is 7.20. The van der Waals surface area contributed by atoms with E-state index in [1.54, 1.807) is 6.92 Å². The summed E-state index contributed by atoms with van der Waals surface area (Å²) in [7, 11) is 0. The molecule has 3 unspecified atom stereocenters. The van der Waals surface area contributed by atoms with Gasteiger partial charge in [-0.2, -0.15) is 26.3 Å². The van der Waals surface area contributed by atoms with Gasteiger partial charge in [0.2, 0.25) is 0 Å². The van der Waals surface area contributed by atoms with Gasteiger partial charge in [0.05, 0.1) is 0 Å². The van der Waals surface area contributed by atoms with Crippen molar-refractivity contribution in [1.29, 1.82) is 0 Å². The number of carbonyl (C=O) groups excluding carboxylic acids is 1. The van der Waals surface area contributed by atoms with E-state index in [9.17, 15) is 31.1 Å². The average molecular weight is 382 g/mol. The first-order valence-corrected chi connectivity index (χ1v) is 8.40. The van der Waals surface area contributed by atoms with E-state index in [1.165, 1.54) is 0 Å². The third-order valence-corrected chi connectivity index (χ3v) is 5.24. The van der Waals surface area contributed by atoms with E-state index < -0.39 is 29.8 Å². The highest BCUT2D eigenvalue weighted by atomic mass is 19.4. The predicted molar refractivity (Wildman–Crippen MR) is 81.8 cm³/mol. The Morgan fingerprint density at radius 3 is 2.27 bits per heavy atom. The van der Waals surface area contributed by atoms with Crippen LogP contribution < -0.4 is 0 Å². The summed E-state index contributed by atoms with van der Waals surface area (Å²) in [6.45, 7) is 3.45. The fourth-order valence-corrected chi connectivity index (χ4v) is 3.89. The molecule has 0 aromatic carbocycles. The summed E-state index contributed by atoms with van der Waals surface area (Å²) < 4.78 is 75.7. The normalized spacial score (nSPS) is 25.7. The van der Waals surface area contributed by atoms with E-state index in [1.807, 2.05) is 12.8 Å². The molecule has 2 rings (SSSR count). The lowest BCUT2D eigenvalue weighted by Gasteiger charge is -2.33. The molecule has 2 aliphatic carbocycles. The summed E-state index contributed by atoms with van der Waals surface area (Å²) in [6, 6.07) is 0. The molecule has 0 fully saturated rings. The lowest BCUT2D eigenvalue weighted by Crippen LogP contribution is -2.55. The van der Waals surface area contributed by atoms with Crippen molar-refractivity contribution >= 4 is 5.78 Å². The molecule has 0 aromatic heterocycles. The topological polar surface area (TPSA) is 37.3 Å². The number of hydrogen-bond acceptors (Lipinski definition) is 2. The van der Waals surface area contributed by atoms with Gasteiger partial charge in [0.25, 0.3) is 0 Å². The lowest BCUT2D eigenvalue weighted by molar-refractivity contribution is -0.343. The van der Waals surface area contributed by atoms with Crippen molar-refractivity contribution in [2.24, 2.45) is 17.8 Å². The van der Waals surface area contributed by atoms with Crippen LogP contribution in [0.25, 0.3) is 0 Å². The average Bonchev–Trinajstić information content (AvgIpc) is 2.93. The molecule has 0 saturated carbocycles. The molecular weight excluding hydrogens is 362 g/mol. The quantitative estimate of drug-likeness (QED) is 0.561. The van der Waals surface area contributed by atoms with Crippen LogP contribution in [0.5, 0.6) is 0 Å². The highest BCUT2D eigenvalue weighted by Crippen LogP contribution is 2.44. The predicted octanol–water partition coefficient (Wildman–Crippen LogP) is 4.58. The van der Waals surface area contributed by atoms with Gasteiger partial charge < -0.3 is 5.11 Å². The Hall–Kier alpha value is -1.49.